The second kappa shape index (κ2) is 6.51. The first-order chi connectivity index (χ1) is 11.2. The zero-order valence-corrected chi connectivity index (χ0v) is 12.7. The quantitative estimate of drug-likeness (QED) is 0.798. The number of hydrogen-bond donors (Lipinski definition) is 2. The van der Waals surface area contributed by atoms with Crippen molar-refractivity contribution in [1.29, 1.82) is 5.26 Å². The predicted molar refractivity (Wildman–Crippen MR) is 78.4 cm³/mol. The lowest BCUT2D eigenvalue weighted by molar-refractivity contribution is -0.122. The second-order valence-corrected chi connectivity index (χ2v) is 5.85. The molecule has 0 unspecified atom stereocenters. The first kappa shape index (κ1) is 17.8. The van der Waals surface area contributed by atoms with E-state index in [1.807, 2.05) is 6.07 Å². The third-order valence-electron chi connectivity index (χ3n) is 3.88. The highest BCUT2D eigenvalue weighted by Gasteiger charge is 2.44. The molecule has 1 aromatic carbocycles. The fourth-order valence-electron chi connectivity index (χ4n) is 2.36. The average Bonchev–Trinajstić information content (AvgIpc) is 3.26. The number of amides is 2. The molecule has 0 spiro atoms. The Kier molecular flexibility index (Phi) is 4.83. The van der Waals surface area contributed by atoms with Gasteiger partial charge in [0.25, 0.3) is 5.92 Å². The van der Waals surface area contributed by atoms with Crippen molar-refractivity contribution in [3.05, 3.63) is 35.1 Å². The summed E-state index contributed by atoms with van der Waals surface area (Å²) in [5, 5.41) is 11.4. The molecule has 1 aliphatic rings. The summed E-state index contributed by atoms with van der Waals surface area (Å²) in [5.41, 5.74) is 2.94. The normalized spacial score (nSPS) is 15.4. The van der Waals surface area contributed by atoms with Crippen molar-refractivity contribution < 1.29 is 22.8 Å². The number of rotatable bonds is 7. The van der Waals surface area contributed by atoms with Crippen LogP contribution in [0.4, 0.5) is 13.2 Å². The topological polar surface area (TPSA) is 96.0 Å². The molecular weight excluding hydrogens is 323 g/mol. The Labute approximate surface area is 136 Å². The van der Waals surface area contributed by atoms with E-state index in [9.17, 15) is 22.8 Å². The number of carbonyl (C=O) groups is 2. The van der Waals surface area contributed by atoms with E-state index in [1.165, 1.54) is 0 Å². The Morgan fingerprint density at radius 3 is 2.58 bits per heavy atom. The van der Waals surface area contributed by atoms with Crippen LogP contribution in [-0.4, -0.2) is 17.4 Å². The summed E-state index contributed by atoms with van der Waals surface area (Å²) in [7, 11) is 0. The third kappa shape index (κ3) is 4.04. The highest BCUT2D eigenvalue weighted by molar-refractivity contribution is 5.94. The monoisotopic (exact) mass is 339 g/mol. The van der Waals surface area contributed by atoms with Gasteiger partial charge in [-0.15, -0.1) is 0 Å². The van der Waals surface area contributed by atoms with Crippen LogP contribution in [0.2, 0.25) is 0 Å². The highest BCUT2D eigenvalue weighted by Crippen LogP contribution is 2.37. The first-order valence-electron chi connectivity index (χ1n) is 7.39. The van der Waals surface area contributed by atoms with Gasteiger partial charge in [0.1, 0.15) is 11.4 Å². The Morgan fingerprint density at radius 1 is 1.38 bits per heavy atom. The average molecular weight is 339 g/mol. The molecule has 5 nitrogen and oxygen atoms in total. The molecule has 2 rings (SSSR count). The fraction of sp³-hybridized carbons (Fsp3) is 0.438. The molecule has 1 fully saturated rings. The minimum absolute atomic E-state index is 0.157. The molecular formula is C16H16F3N3O2. The van der Waals surface area contributed by atoms with E-state index < -0.39 is 46.6 Å². The van der Waals surface area contributed by atoms with Crippen LogP contribution in [-0.2, 0) is 10.7 Å². The summed E-state index contributed by atoms with van der Waals surface area (Å²) in [6, 6.07) is 4.29. The van der Waals surface area contributed by atoms with Crippen molar-refractivity contribution in [2.24, 2.45) is 5.73 Å². The smallest absolute Gasteiger partial charge is 0.274 e. The maximum Gasteiger partial charge on any atom is 0.274 e. The standard InChI is InChI=1S/C16H16F3N3O2/c17-10-3-4-12(11(8-10)14(21)24)16(18,19)5-1-2-13(23)22-15(9-20)6-7-15/h3-4,8H,1-2,5-7H2,(H2,21,24)(H,22,23). The number of primary amides is 1. The maximum atomic E-state index is 14.3. The highest BCUT2D eigenvalue weighted by atomic mass is 19.3. The van der Waals surface area contributed by atoms with Crippen molar-refractivity contribution in [3.8, 4) is 6.07 Å². The number of nitrogens with two attached hydrogens (primary N) is 1. The number of nitriles is 1. The molecule has 0 heterocycles. The summed E-state index contributed by atoms with van der Waals surface area (Å²) < 4.78 is 41.6. The van der Waals surface area contributed by atoms with Gasteiger partial charge in [-0.1, -0.05) is 0 Å². The van der Waals surface area contributed by atoms with E-state index in [-0.39, 0.29) is 12.8 Å². The molecule has 24 heavy (non-hydrogen) atoms. The van der Waals surface area contributed by atoms with Crippen LogP contribution in [0.3, 0.4) is 0 Å². The molecule has 1 aliphatic carbocycles. The summed E-state index contributed by atoms with van der Waals surface area (Å²) in [6.45, 7) is 0. The molecule has 0 saturated heterocycles. The molecule has 2 amide bonds. The molecule has 8 heteroatoms. The molecule has 0 aliphatic heterocycles. The lowest BCUT2D eigenvalue weighted by Gasteiger charge is -2.19. The zero-order valence-electron chi connectivity index (χ0n) is 12.7. The van der Waals surface area contributed by atoms with Crippen LogP contribution >= 0.6 is 0 Å². The van der Waals surface area contributed by atoms with Gasteiger partial charge in [-0.3, -0.25) is 9.59 Å². The number of hydrogen-bond acceptors (Lipinski definition) is 3. The first-order valence-corrected chi connectivity index (χ1v) is 7.39. The number of nitrogens with one attached hydrogen (secondary N) is 1. The largest absolute Gasteiger partial charge is 0.366 e. The second-order valence-electron chi connectivity index (χ2n) is 5.85. The summed E-state index contributed by atoms with van der Waals surface area (Å²) in [4.78, 5) is 22.9. The van der Waals surface area contributed by atoms with Gasteiger partial charge in [-0.25, -0.2) is 13.2 Å². The molecule has 0 bridgehead atoms. The van der Waals surface area contributed by atoms with E-state index in [1.54, 1.807) is 0 Å². The van der Waals surface area contributed by atoms with E-state index in [2.05, 4.69) is 5.32 Å². The Balaban J connectivity index is 1.98. The van der Waals surface area contributed by atoms with E-state index >= 15 is 0 Å². The minimum atomic E-state index is -3.43. The lowest BCUT2D eigenvalue weighted by atomic mass is 9.96. The van der Waals surface area contributed by atoms with Crippen molar-refractivity contribution in [1.82, 2.24) is 5.32 Å². The fourth-order valence-corrected chi connectivity index (χ4v) is 2.36. The predicted octanol–water partition coefficient (Wildman–Crippen LogP) is 2.36. The van der Waals surface area contributed by atoms with Gasteiger partial charge in [0.2, 0.25) is 11.8 Å². The van der Waals surface area contributed by atoms with Gasteiger partial charge in [-0.05, 0) is 37.5 Å². The van der Waals surface area contributed by atoms with Gasteiger partial charge in [0.15, 0.2) is 0 Å². The van der Waals surface area contributed by atoms with Crippen LogP contribution in [0, 0.1) is 17.1 Å². The maximum absolute atomic E-state index is 14.3. The molecule has 1 saturated carbocycles. The van der Waals surface area contributed by atoms with Crippen LogP contribution in [0.15, 0.2) is 18.2 Å². The Morgan fingerprint density at radius 2 is 2.04 bits per heavy atom. The number of benzene rings is 1. The van der Waals surface area contributed by atoms with Gasteiger partial charge in [0, 0.05) is 18.4 Å². The van der Waals surface area contributed by atoms with Gasteiger partial charge >= 0.3 is 0 Å². The summed E-state index contributed by atoms with van der Waals surface area (Å²) >= 11 is 0. The van der Waals surface area contributed by atoms with Crippen molar-refractivity contribution in [2.45, 2.75) is 43.6 Å². The van der Waals surface area contributed by atoms with E-state index in [4.69, 9.17) is 11.0 Å². The molecule has 0 atom stereocenters. The molecule has 0 radical (unpaired) electrons. The number of carbonyl (C=O) groups excluding carboxylic acids is 2. The van der Waals surface area contributed by atoms with Crippen molar-refractivity contribution in [2.75, 3.05) is 0 Å². The number of halogens is 3. The molecule has 3 N–H and O–H groups in total. The van der Waals surface area contributed by atoms with E-state index in [0.29, 0.717) is 18.9 Å². The summed E-state index contributed by atoms with van der Waals surface area (Å²) in [5.74, 6) is -5.88. The molecule has 1 aromatic rings. The lowest BCUT2D eigenvalue weighted by Crippen LogP contribution is -2.35. The van der Waals surface area contributed by atoms with Crippen molar-refractivity contribution >= 4 is 11.8 Å². The van der Waals surface area contributed by atoms with Gasteiger partial charge in [0.05, 0.1) is 11.6 Å². The minimum Gasteiger partial charge on any atom is -0.366 e. The van der Waals surface area contributed by atoms with Gasteiger partial charge < -0.3 is 11.1 Å². The van der Waals surface area contributed by atoms with Crippen LogP contribution in [0.25, 0.3) is 0 Å². The zero-order chi connectivity index (χ0) is 18.0. The SMILES string of the molecule is N#CC1(NC(=O)CCCC(F)(F)c2ccc(F)cc2C(N)=O)CC1. The van der Waals surface area contributed by atoms with Gasteiger partial charge in [-0.2, -0.15) is 5.26 Å². The molecule has 0 aromatic heterocycles. The Hall–Kier alpha value is -2.56. The number of alkyl halides is 2. The third-order valence-corrected chi connectivity index (χ3v) is 3.88. The van der Waals surface area contributed by atoms with Crippen LogP contribution < -0.4 is 11.1 Å². The summed E-state index contributed by atoms with van der Waals surface area (Å²) in [6.07, 6.45) is 0.0832. The van der Waals surface area contributed by atoms with Crippen LogP contribution in [0.1, 0.15) is 48.0 Å². The number of nitrogens with zero attached hydrogens (tertiary/aromatic N) is 1. The van der Waals surface area contributed by atoms with E-state index in [0.717, 1.165) is 12.1 Å². The van der Waals surface area contributed by atoms with Crippen molar-refractivity contribution in [3.63, 3.8) is 0 Å². The Bertz CT molecular complexity index is 709. The molecule has 128 valence electrons. The van der Waals surface area contributed by atoms with Crippen LogP contribution in [0.5, 0.6) is 0 Å².